The number of hydrogen-bond donors (Lipinski definition) is 0. The lowest BCUT2D eigenvalue weighted by Gasteiger charge is -2.45. The van der Waals surface area contributed by atoms with E-state index in [2.05, 4.69) is 6.58 Å². The third kappa shape index (κ3) is 5.23. The van der Waals surface area contributed by atoms with Crippen LogP contribution in [0.4, 0.5) is 0 Å². The van der Waals surface area contributed by atoms with Crippen LogP contribution in [0.5, 0.6) is 0 Å². The smallest absolute Gasteiger partial charge is 0.414 e. The first-order chi connectivity index (χ1) is 9.97. The summed E-state index contributed by atoms with van der Waals surface area (Å²) in [4.78, 5) is 0. The molecule has 6 heteroatoms. The summed E-state index contributed by atoms with van der Waals surface area (Å²) in [6.07, 6.45) is 1.02. The predicted octanol–water partition coefficient (Wildman–Crippen LogP) is 3.03. The van der Waals surface area contributed by atoms with E-state index in [0.717, 1.165) is 0 Å². The van der Waals surface area contributed by atoms with E-state index < -0.39 is 11.9 Å². The molecule has 0 aromatic rings. The summed E-state index contributed by atoms with van der Waals surface area (Å²) in [5.41, 5.74) is 0. The molecule has 0 aromatic carbocycles. The van der Waals surface area contributed by atoms with Crippen LogP contribution in [0.2, 0.25) is 0 Å². The highest BCUT2D eigenvalue weighted by atomic mass is 17.0. The molecular formula is C15H30O6. The van der Waals surface area contributed by atoms with E-state index in [1.807, 2.05) is 41.5 Å². The van der Waals surface area contributed by atoms with Crippen LogP contribution in [0.15, 0.2) is 12.8 Å². The van der Waals surface area contributed by atoms with Gasteiger partial charge in [-0.15, -0.1) is 0 Å². The molecule has 0 aromatic heterocycles. The molecule has 0 heterocycles. The molecule has 0 saturated heterocycles. The minimum absolute atomic E-state index is 0.211. The molecule has 0 bridgehead atoms. The Morgan fingerprint density at radius 2 is 1.19 bits per heavy atom. The topological polar surface area (TPSA) is 55.4 Å². The summed E-state index contributed by atoms with van der Waals surface area (Å²) in [5.74, 6) is -3.33. The Hall–Kier alpha value is -0.660. The van der Waals surface area contributed by atoms with Gasteiger partial charge in [0, 0.05) is 19.8 Å². The lowest BCUT2D eigenvalue weighted by atomic mass is 10.3. The van der Waals surface area contributed by atoms with Gasteiger partial charge in [0.25, 0.3) is 0 Å². The van der Waals surface area contributed by atoms with Crippen molar-refractivity contribution in [1.82, 2.24) is 0 Å². The molecule has 6 nitrogen and oxygen atoms in total. The average Bonchev–Trinajstić information content (AvgIpc) is 2.39. The van der Waals surface area contributed by atoms with Gasteiger partial charge in [0.05, 0.1) is 19.0 Å². The summed E-state index contributed by atoms with van der Waals surface area (Å²) in [7, 11) is 0. The van der Waals surface area contributed by atoms with Crippen molar-refractivity contribution in [3.63, 3.8) is 0 Å². The first-order valence-corrected chi connectivity index (χ1v) is 7.49. The fraction of sp³-hybridized carbons (Fsp3) is 0.867. The van der Waals surface area contributed by atoms with Crippen LogP contribution in [0.1, 0.15) is 41.5 Å². The molecule has 1 unspecified atom stereocenters. The van der Waals surface area contributed by atoms with Crippen molar-refractivity contribution >= 4 is 0 Å². The van der Waals surface area contributed by atoms with Gasteiger partial charge in [0.1, 0.15) is 0 Å². The third-order valence-electron chi connectivity index (χ3n) is 2.34. The van der Waals surface area contributed by atoms with E-state index in [1.54, 1.807) is 0 Å². The largest absolute Gasteiger partial charge is 0.442 e. The van der Waals surface area contributed by atoms with Gasteiger partial charge < -0.3 is 28.4 Å². The lowest BCUT2D eigenvalue weighted by molar-refractivity contribution is -0.555. The Labute approximate surface area is 128 Å². The number of ether oxygens (including phenoxy) is 6. The third-order valence-corrected chi connectivity index (χ3v) is 2.34. The Bertz CT molecular complexity index is 264. The maximum atomic E-state index is 5.85. The molecule has 0 spiro atoms. The summed E-state index contributed by atoms with van der Waals surface area (Å²) >= 11 is 0. The Kier molecular flexibility index (Phi) is 9.81. The number of hydrogen-bond acceptors (Lipinski definition) is 6. The van der Waals surface area contributed by atoms with Crippen molar-refractivity contribution in [3.8, 4) is 0 Å². The molecule has 0 fully saturated rings. The molecular weight excluding hydrogens is 276 g/mol. The molecule has 0 rings (SSSR count). The Morgan fingerprint density at radius 1 is 0.810 bits per heavy atom. The van der Waals surface area contributed by atoms with Crippen molar-refractivity contribution in [1.29, 1.82) is 0 Å². The van der Waals surface area contributed by atoms with Crippen LogP contribution in [0.3, 0.4) is 0 Å². The van der Waals surface area contributed by atoms with Crippen LogP contribution in [0.25, 0.3) is 0 Å². The van der Waals surface area contributed by atoms with E-state index in [1.165, 1.54) is 6.26 Å². The molecule has 0 radical (unpaired) electrons. The average molecular weight is 306 g/mol. The van der Waals surface area contributed by atoms with Gasteiger partial charge in [-0.05, 0) is 41.5 Å². The molecule has 21 heavy (non-hydrogen) atoms. The molecule has 0 N–H and O–H groups in total. The molecule has 126 valence electrons. The summed E-state index contributed by atoms with van der Waals surface area (Å²) < 4.78 is 34.3. The normalized spacial score (nSPS) is 15.0. The second kappa shape index (κ2) is 10.1. The zero-order valence-electron chi connectivity index (χ0n) is 14.1. The summed E-state index contributed by atoms with van der Waals surface area (Å²) in [6, 6.07) is 0. The molecule has 0 aliphatic heterocycles. The Morgan fingerprint density at radius 3 is 1.48 bits per heavy atom. The van der Waals surface area contributed by atoms with E-state index in [-0.39, 0.29) is 6.10 Å². The zero-order chi connectivity index (χ0) is 16.4. The van der Waals surface area contributed by atoms with Crippen LogP contribution in [-0.4, -0.2) is 44.5 Å². The molecule has 1 atom stereocenters. The van der Waals surface area contributed by atoms with Gasteiger partial charge in [-0.25, -0.2) is 0 Å². The minimum Gasteiger partial charge on any atom is -0.442 e. The molecule has 0 saturated carbocycles. The van der Waals surface area contributed by atoms with Crippen molar-refractivity contribution in [2.45, 2.75) is 59.6 Å². The first-order valence-electron chi connectivity index (χ1n) is 7.49. The van der Waals surface area contributed by atoms with Gasteiger partial charge in [-0.1, -0.05) is 6.58 Å². The maximum Gasteiger partial charge on any atom is 0.414 e. The fourth-order valence-corrected chi connectivity index (χ4v) is 1.90. The lowest BCUT2D eigenvalue weighted by Crippen LogP contribution is -2.64. The highest BCUT2D eigenvalue weighted by Gasteiger charge is 2.62. The van der Waals surface area contributed by atoms with Crippen molar-refractivity contribution in [2.75, 3.05) is 26.4 Å². The summed E-state index contributed by atoms with van der Waals surface area (Å²) in [6.45, 7) is 15.9. The summed E-state index contributed by atoms with van der Waals surface area (Å²) in [5, 5.41) is 0. The van der Waals surface area contributed by atoms with Gasteiger partial charge in [-0.3, -0.25) is 0 Å². The van der Waals surface area contributed by atoms with E-state index >= 15 is 0 Å². The fourth-order valence-electron chi connectivity index (χ4n) is 1.90. The molecule has 0 aliphatic carbocycles. The van der Waals surface area contributed by atoms with Crippen LogP contribution >= 0.6 is 0 Å². The van der Waals surface area contributed by atoms with Crippen LogP contribution in [0, 0.1) is 0 Å². The second-order valence-corrected chi connectivity index (χ2v) is 4.30. The molecule has 0 aliphatic rings. The minimum atomic E-state index is -1.69. The highest BCUT2D eigenvalue weighted by Crippen LogP contribution is 2.37. The quantitative estimate of drug-likeness (QED) is 0.385. The van der Waals surface area contributed by atoms with Crippen LogP contribution < -0.4 is 0 Å². The second-order valence-electron chi connectivity index (χ2n) is 4.30. The first kappa shape index (κ1) is 20.3. The van der Waals surface area contributed by atoms with Crippen molar-refractivity contribution < 1.29 is 28.4 Å². The Balaban J connectivity index is 5.83. The maximum absolute atomic E-state index is 5.85. The molecule has 0 amide bonds. The van der Waals surface area contributed by atoms with Gasteiger partial charge >= 0.3 is 11.9 Å². The predicted molar refractivity (Wildman–Crippen MR) is 79.5 cm³/mol. The zero-order valence-corrected chi connectivity index (χ0v) is 14.1. The van der Waals surface area contributed by atoms with Gasteiger partial charge in [0.2, 0.25) is 0 Å². The highest BCUT2D eigenvalue weighted by molar-refractivity contribution is 4.78. The SMILES string of the molecule is C=COC(OCC)(OC(C)C)C(OCC)(OCC)OCC. The van der Waals surface area contributed by atoms with Gasteiger partial charge in [0.15, 0.2) is 0 Å². The number of rotatable bonds is 13. The van der Waals surface area contributed by atoms with Crippen molar-refractivity contribution in [3.05, 3.63) is 12.8 Å². The van der Waals surface area contributed by atoms with Crippen LogP contribution in [-0.2, 0) is 28.4 Å². The van der Waals surface area contributed by atoms with E-state index in [9.17, 15) is 0 Å². The standard InChI is InChI=1S/C15H30O6/c1-8-16-14(17-9-2,18-10-3)15(19-11-4,20-12-5)21-13(6)7/h11,13H,4,8-10,12H2,1-3,5-7H3. The van der Waals surface area contributed by atoms with Gasteiger partial charge in [-0.2, -0.15) is 0 Å². The monoisotopic (exact) mass is 306 g/mol. The van der Waals surface area contributed by atoms with E-state index in [0.29, 0.717) is 26.4 Å². The van der Waals surface area contributed by atoms with E-state index in [4.69, 9.17) is 28.4 Å². The van der Waals surface area contributed by atoms with Crippen molar-refractivity contribution in [2.24, 2.45) is 0 Å².